The predicted octanol–water partition coefficient (Wildman–Crippen LogP) is -4.16. The van der Waals surface area contributed by atoms with Gasteiger partial charge in [-0.1, -0.05) is 26.8 Å². The van der Waals surface area contributed by atoms with Gasteiger partial charge in [0.05, 0.1) is 51.2 Å². The Labute approximate surface area is 452 Å². The van der Waals surface area contributed by atoms with Crippen LogP contribution in [-0.2, 0) is 57.0 Å². The van der Waals surface area contributed by atoms with Crippen LogP contribution >= 0.6 is 22.6 Å². The highest BCUT2D eigenvalue weighted by Gasteiger charge is 2.65. The summed E-state index contributed by atoms with van der Waals surface area (Å²) in [6, 6.07) is 0. The lowest BCUT2D eigenvalue weighted by Gasteiger charge is -2.62. The monoisotopic (exact) mass is 1210 g/mol. The molecule has 0 aromatic carbocycles. The van der Waals surface area contributed by atoms with Crippen molar-refractivity contribution in [3.8, 4) is 0 Å². The van der Waals surface area contributed by atoms with E-state index in [0.29, 0.717) is 50.5 Å². The maximum atomic E-state index is 14.8. The van der Waals surface area contributed by atoms with Gasteiger partial charge in [0.2, 0.25) is 6.29 Å². The van der Waals surface area contributed by atoms with Crippen molar-refractivity contribution in [3.05, 3.63) is 12.2 Å². The number of carbonyl (C=O) groups is 2. The third kappa shape index (κ3) is 11.8. The lowest BCUT2D eigenvalue weighted by molar-refractivity contribution is -0.373. The molecule has 76 heavy (non-hydrogen) atoms. The molecular weight excluding hydrogens is 1130 g/mol. The number of alkyl halides is 1. The number of halogens is 1. The highest BCUT2D eigenvalue weighted by molar-refractivity contribution is 14.1. The minimum atomic E-state index is -2.02. The predicted molar refractivity (Wildman–Crippen MR) is 261 cm³/mol. The van der Waals surface area contributed by atoms with E-state index in [0.717, 1.165) is 0 Å². The summed E-state index contributed by atoms with van der Waals surface area (Å²) in [7, 11) is 1.28. The number of hydrogen-bond acceptors (Lipinski definition) is 26. The van der Waals surface area contributed by atoms with Gasteiger partial charge < -0.3 is 119 Å². The Morgan fingerprint density at radius 1 is 0.737 bits per heavy atom. The number of hydrogen-bond donors (Lipinski definition) is 14. The van der Waals surface area contributed by atoms with Crippen molar-refractivity contribution in [3.63, 3.8) is 0 Å². The second-order valence-corrected chi connectivity index (χ2v) is 24.3. The second kappa shape index (κ2) is 24.6. The number of ketones is 1. The van der Waals surface area contributed by atoms with Crippen LogP contribution in [0.5, 0.6) is 0 Å². The van der Waals surface area contributed by atoms with Gasteiger partial charge in [-0.05, 0) is 103 Å². The fourth-order valence-electron chi connectivity index (χ4n) is 13.2. The van der Waals surface area contributed by atoms with Gasteiger partial charge in [-0.25, -0.2) is 0 Å². The summed E-state index contributed by atoms with van der Waals surface area (Å²) in [6.45, 7) is 5.93. The smallest absolute Gasteiger partial charge is 0.314 e. The van der Waals surface area contributed by atoms with E-state index in [4.69, 9.17) is 47.4 Å². The van der Waals surface area contributed by atoms with Crippen LogP contribution in [0.2, 0.25) is 0 Å². The quantitative estimate of drug-likeness (QED) is 0.0204. The molecule has 3 aliphatic carbocycles. The number of aliphatic hydroxyl groups is 14. The van der Waals surface area contributed by atoms with E-state index in [2.05, 4.69) is 43.0 Å². The van der Waals surface area contributed by atoms with Gasteiger partial charge in [0.1, 0.15) is 76.4 Å². The van der Waals surface area contributed by atoms with Crippen molar-refractivity contribution in [2.45, 2.75) is 205 Å². The van der Waals surface area contributed by atoms with E-state index >= 15 is 0 Å². The third-order valence-corrected chi connectivity index (χ3v) is 19.1. The van der Waals surface area contributed by atoms with Crippen LogP contribution in [-0.4, -0.2) is 256 Å². The van der Waals surface area contributed by atoms with Gasteiger partial charge in [-0.3, -0.25) is 9.59 Å². The maximum Gasteiger partial charge on any atom is 0.314 e. The summed E-state index contributed by atoms with van der Waals surface area (Å²) in [5, 5.41) is 148. The van der Waals surface area contributed by atoms with Gasteiger partial charge in [-0.2, -0.15) is 0 Å². The summed E-state index contributed by atoms with van der Waals surface area (Å²) in [6.07, 6.45) is -30.7. The number of aliphatic hydroxyl groups excluding tert-OH is 14. The van der Waals surface area contributed by atoms with Crippen molar-refractivity contribution >= 4 is 34.3 Å². The lowest BCUT2D eigenvalue weighted by atomic mass is 9.42. The van der Waals surface area contributed by atoms with Crippen molar-refractivity contribution in [1.82, 2.24) is 0 Å². The summed E-state index contributed by atoms with van der Waals surface area (Å²) in [4.78, 5) is 29.1. The fourth-order valence-corrected chi connectivity index (χ4v) is 14.0. The molecule has 7 aliphatic rings. The Hall–Kier alpha value is -1.31. The van der Waals surface area contributed by atoms with E-state index in [1.54, 1.807) is 6.92 Å². The van der Waals surface area contributed by atoms with Crippen LogP contribution in [0, 0.1) is 28.1 Å². The first-order valence-corrected chi connectivity index (χ1v) is 26.9. The molecule has 25 atom stereocenters. The molecule has 0 amide bonds. The standard InChI is InChI=1S/C49H79IO26/c1-21-13-45(2)11-7-28-46(3,9-6-10-47(28,4)44(66)74-42-37(71-39(65)23(57)18-67-5)34(63)31(60)25(16-52)69-42)27(45)8-12-49(21,50)76-43-38(73-40-35(64)33(62)30(59)24(15-51)68-40)36(32(61)26(17-53)70-43)72-41-29(58)22(56)14-48(19-54,20-55)75-41/h22-31,33-43,51-60,62-65H,1,6-20H2,2-5H3/t22?,23-,24?,25?,26?,27-,28?,29?,30-,31-,33?,34?,35?,36?,37?,38?,39?,40+,41-,42+,43+,45-,46+,47-,49?/m1/s1. The van der Waals surface area contributed by atoms with Crippen LogP contribution in [0.4, 0.5) is 0 Å². The van der Waals surface area contributed by atoms with Crippen molar-refractivity contribution in [2.75, 3.05) is 46.8 Å². The van der Waals surface area contributed by atoms with E-state index in [-0.39, 0.29) is 24.9 Å². The van der Waals surface area contributed by atoms with Crippen LogP contribution in [0.3, 0.4) is 0 Å². The van der Waals surface area contributed by atoms with Crippen LogP contribution in [0.1, 0.15) is 78.6 Å². The molecule has 438 valence electrons. The highest BCUT2D eigenvalue weighted by atomic mass is 127. The second-order valence-electron chi connectivity index (χ2n) is 22.5. The first-order valence-electron chi connectivity index (χ1n) is 25.8. The fraction of sp³-hybridized carbons (Fsp3) is 0.918. The van der Waals surface area contributed by atoms with Crippen molar-refractivity contribution in [2.24, 2.45) is 28.1 Å². The maximum absolute atomic E-state index is 14.8. The minimum absolute atomic E-state index is 0.135. The van der Waals surface area contributed by atoms with Gasteiger partial charge >= 0.3 is 5.97 Å². The largest absolute Gasteiger partial charge is 0.432 e. The van der Waals surface area contributed by atoms with Gasteiger partial charge in [0.25, 0.3) is 0 Å². The van der Waals surface area contributed by atoms with E-state index in [1.807, 2.05) is 0 Å². The zero-order valence-corrected chi connectivity index (χ0v) is 45.1. The number of Topliss-reactive ketones (excluding diaryl/α,β-unsaturated/α-hetero) is 1. The number of carbonyl (C=O) groups excluding carboxylic acids is 2. The molecule has 14 unspecified atom stereocenters. The van der Waals surface area contributed by atoms with Crippen molar-refractivity contribution in [1.29, 1.82) is 0 Å². The topological polar surface area (TPSA) is 410 Å². The molecule has 0 aromatic rings. The molecule has 7 fully saturated rings. The minimum Gasteiger partial charge on any atom is -0.432 e. The summed E-state index contributed by atoms with van der Waals surface area (Å²) < 4.78 is 57.7. The molecule has 0 bridgehead atoms. The first kappa shape index (κ1) is 62.3. The molecule has 4 saturated heterocycles. The summed E-state index contributed by atoms with van der Waals surface area (Å²) in [5.41, 5.74) is -3.53. The molecule has 3 saturated carbocycles. The Kier molecular flexibility index (Phi) is 20.2. The Balaban J connectivity index is 1.17. The van der Waals surface area contributed by atoms with Gasteiger partial charge in [0, 0.05) is 13.5 Å². The number of fused-ring (bicyclic) bond motifs is 3. The molecule has 4 aliphatic heterocycles. The lowest BCUT2D eigenvalue weighted by Crippen LogP contribution is -2.66. The van der Waals surface area contributed by atoms with E-state index in [1.165, 1.54) is 7.11 Å². The molecule has 0 radical (unpaired) electrons. The number of ether oxygens (including phenoxy) is 10. The molecule has 7 rings (SSSR count). The first-order chi connectivity index (χ1) is 35.7. The Morgan fingerprint density at radius 3 is 1.99 bits per heavy atom. The zero-order valence-electron chi connectivity index (χ0n) is 43.0. The summed E-state index contributed by atoms with van der Waals surface area (Å²) >= 11 is 2.07. The average molecular weight is 1210 g/mol. The normalized spacial score (nSPS) is 47.8. The molecule has 27 heteroatoms. The van der Waals surface area contributed by atoms with E-state index < -0.39 is 194 Å². The number of esters is 1. The third-order valence-electron chi connectivity index (χ3n) is 17.5. The zero-order chi connectivity index (χ0) is 56.0. The Bertz CT molecular complexity index is 1990. The SMILES string of the molecule is C=C1C[C@@]2(C)CCC3[C@](C)(C(=O)O[C@@H]4OC(CO)[C@@H](O)C(O)C4OC(O)[C@H](O)COC)CCC[C@@]3(C)[C@@H]2CCC1(I)O[C@@H]1OC(CO)C(=O)C(O[C@@H]2OC(CO)(CO)CC(O)C2O)C1O[C@@H]1OC(CO)[C@@H](O)C(O)C1O. The number of methoxy groups -OCH3 is 1. The van der Waals surface area contributed by atoms with Gasteiger partial charge in [0.15, 0.2) is 43.2 Å². The molecule has 0 aromatic heterocycles. The average Bonchev–Trinajstić information content (AvgIpc) is 3.49. The van der Waals surface area contributed by atoms with Crippen molar-refractivity contribution < 1.29 is 128 Å². The van der Waals surface area contributed by atoms with Crippen LogP contribution in [0.25, 0.3) is 0 Å². The van der Waals surface area contributed by atoms with E-state index in [9.17, 15) is 81.1 Å². The number of rotatable bonds is 18. The summed E-state index contributed by atoms with van der Waals surface area (Å²) in [5.74, 6) is -2.19. The van der Waals surface area contributed by atoms with Crippen LogP contribution < -0.4 is 0 Å². The molecule has 14 N–H and O–H groups in total. The molecular formula is C49H79IO26. The molecule has 0 spiro atoms. The Morgan fingerprint density at radius 2 is 1.37 bits per heavy atom. The van der Waals surface area contributed by atoms with Gasteiger partial charge in [-0.15, -0.1) is 0 Å². The highest BCUT2D eigenvalue weighted by Crippen LogP contribution is 2.68. The van der Waals surface area contributed by atoms with Crippen LogP contribution in [0.15, 0.2) is 12.2 Å². The molecule has 26 nitrogen and oxygen atoms in total. The molecule has 4 heterocycles.